The molecule has 2 saturated heterocycles. The molecule has 0 aromatic heterocycles. The van der Waals surface area contributed by atoms with Gasteiger partial charge >= 0.3 is 23.9 Å². The largest absolute Gasteiger partial charge is 0.393 e. The summed E-state index contributed by atoms with van der Waals surface area (Å²) in [6.07, 6.45) is 5.91. The number of fused-ring (bicyclic) bond motifs is 1. The van der Waals surface area contributed by atoms with Gasteiger partial charge in [0.2, 0.25) is 0 Å². The van der Waals surface area contributed by atoms with Crippen molar-refractivity contribution in [1.82, 2.24) is 0 Å². The summed E-state index contributed by atoms with van der Waals surface area (Å²) in [6, 6.07) is 9.55. The summed E-state index contributed by atoms with van der Waals surface area (Å²) in [5.74, 6) is -5.62. The van der Waals surface area contributed by atoms with Crippen LogP contribution in [-0.2, 0) is 28.7 Å². The molecule has 8 unspecified atom stereocenters. The molecule has 8 atom stereocenters. The van der Waals surface area contributed by atoms with Gasteiger partial charge in [-0.1, -0.05) is 54.1 Å². The molecule has 1 aromatic carbocycles. The van der Waals surface area contributed by atoms with Crippen LogP contribution < -0.4 is 0 Å². The molecule has 2 bridgehead atoms. The van der Waals surface area contributed by atoms with Gasteiger partial charge in [-0.15, -0.1) is 0 Å². The van der Waals surface area contributed by atoms with Crippen molar-refractivity contribution < 1.29 is 28.7 Å². The first-order chi connectivity index (χ1) is 13.6. The Bertz CT molecular complexity index is 1010. The lowest BCUT2D eigenvalue weighted by molar-refractivity contribution is -0.156. The monoisotopic (exact) mass is 376 g/mol. The van der Waals surface area contributed by atoms with E-state index in [9.17, 15) is 19.2 Å². The highest BCUT2D eigenvalue weighted by molar-refractivity contribution is 6.00. The van der Waals surface area contributed by atoms with Gasteiger partial charge in [-0.25, -0.2) is 0 Å². The quantitative estimate of drug-likeness (QED) is 0.422. The minimum atomic E-state index is -0.639. The van der Waals surface area contributed by atoms with Crippen LogP contribution in [0.5, 0.6) is 0 Å². The molecule has 140 valence electrons. The van der Waals surface area contributed by atoms with Gasteiger partial charge < -0.3 is 9.47 Å². The van der Waals surface area contributed by atoms with Crippen molar-refractivity contribution >= 4 is 23.9 Å². The first kappa shape index (κ1) is 16.0. The highest BCUT2D eigenvalue weighted by Crippen LogP contribution is 2.61. The fourth-order valence-corrected chi connectivity index (χ4v) is 6.12. The number of carbonyl (C=O) groups excluding carboxylic acids is 4. The number of ether oxygens (including phenoxy) is 2. The van der Waals surface area contributed by atoms with Crippen LogP contribution in [0.15, 0.2) is 54.1 Å². The number of allylic oxidation sites excluding steroid dienone is 4. The van der Waals surface area contributed by atoms with E-state index >= 15 is 0 Å². The number of carbonyl (C=O) groups is 4. The first-order valence-electron chi connectivity index (χ1n) is 9.52. The summed E-state index contributed by atoms with van der Waals surface area (Å²) in [6.45, 7) is 0. The molecule has 2 heterocycles. The van der Waals surface area contributed by atoms with Crippen LogP contribution in [0.4, 0.5) is 0 Å². The van der Waals surface area contributed by atoms with Crippen LogP contribution in [0, 0.1) is 41.4 Å². The molecule has 7 rings (SSSR count). The third-order valence-corrected chi connectivity index (χ3v) is 7.12. The normalized spacial score (nSPS) is 42.5. The zero-order valence-electron chi connectivity index (χ0n) is 14.7. The van der Waals surface area contributed by atoms with E-state index in [1.54, 1.807) is 0 Å². The van der Waals surface area contributed by atoms with E-state index < -0.39 is 47.5 Å². The first-order valence-corrected chi connectivity index (χ1v) is 9.52. The lowest BCUT2D eigenvalue weighted by atomic mass is 9.49. The maximum atomic E-state index is 12.7. The van der Waals surface area contributed by atoms with Gasteiger partial charge in [-0.2, -0.15) is 0 Å². The molecule has 4 aliphatic carbocycles. The number of benzene rings is 1. The summed E-state index contributed by atoms with van der Waals surface area (Å²) in [7, 11) is 0. The molecular formula is C22H16O6. The SMILES string of the molecule is O=C1OC(=O)C2C3C=CC(C4=CC(c5ccccc5)C5C(=O)OC(=O)C5C43)C12. The van der Waals surface area contributed by atoms with Crippen LogP contribution in [0.25, 0.3) is 0 Å². The number of hydrogen-bond acceptors (Lipinski definition) is 6. The minimum absolute atomic E-state index is 0.283. The number of rotatable bonds is 1. The Morgan fingerprint density at radius 1 is 0.607 bits per heavy atom. The summed E-state index contributed by atoms with van der Waals surface area (Å²) in [5.41, 5.74) is 1.89. The molecule has 28 heavy (non-hydrogen) atoms. The Balaban J connectivity index is 1.55. The maximum Gasteiger partial charge on any atom is 0.318 e. The molecule has 0 N–H and O–H groups in total. The third kappa shape index (κ3) is 1.83. The number of hydrogen-bond donors (Lipinski definition) is 0. The van der Waals surface area contributed by atoms with E-state index in [1.807, 2.05) is 48.6 Å². The molecule has 0 spiro atoms. The predicted molar refractivity (Wildman–Crippen MR) is 93.0 cm³/mol. The van der Waals surface area contributed by atoms with E-state index in [-0.39, 0.29) is 23.7 Å². The van der Waals surface area contributed by atoms with Gasteiger partial charge in [0, 0.05) is 17.8 Å². The van der Waals surface area contributed by atoms with E-state index in [4.69, 9.17) is 9.47 Å². The Morgan fingerprint density at radius 3 is 1.93 bits per heavy atom. The van der Waals surface area contributed by atoms with E-state index in [0.717, 1.165) is 11.1 Å². The lowest BCUT2D eigenvalue weighted by Crippen LogP contribution is -2.51. The maximum absolute atomic E-state index is 12.7. The molecular weight excluding hydrogens is 360 g/mol. The number of cyclic esters (lactones) is 4. The molecule has 1 saturated carbocycles. The second-order valence-electron chi connectivity index (χ2n) is 8.20. The second-order valence-corrected chi connectivity index (χ2v) is 8.20. The van der Waals surface area contributed by atoms with Crippen LogP contribution in [-0.4, -0.2) is 23.9 Å². The number of esters is 4. The van der Waals surface area contributed by atoms with Gasteiger partial charge in [-0.05, 0) is 11.5 Å². The van der Waals surface area contributed by atoms with Crippen molar-refractivity contribution in [2.24, 2.45) is 41.4 Å². The summed E-state index contributed by atoms with van der Waals surface area (Å²) in [5, 5.41) is 0. The van der Waals surface area contributed by atoms with Crippen LogP contribution in [0.1, 0.15) is 11.5 Å². The van der Waals surface area contributed by atoms with Crippen molar-refractivity contribution in [1.29, 1.82) is 0 Å². The Labute approximate surface area is 160 Å². The fourth-order valence-electron chi connectivity index (χ4n) is 6.12. The molecule has 3 fully saturated rings. The average molecular weight is 376 g/mol. The van der Waals surface area contributed by atoms with Crippen LogP contribution >= 0.6 is 0 Å². The summed E-state index contributed by atoms with van der Waals surface area (Å²) >= 11 is 0. The highest BCUT2D eigenvalue weighted by Gasteiger charge is 2.66. The molecule has 2 aliphatic heterocycles. The van der Waals surface area contributed by atoms with Crippen molar-refractivity contribution in [3.8, 4) is 0 Å². The molecule has 0 radical (unpaired) electrons. The Morgan fingerprint density at radius 2 is 1.21 bits per heavy atom. The smallest absolute Gasteiger partial charge is 0.318 e. The van der Waals surface area contributed by atoms with E-state index in [0.29, 0.717) is 0 Å². The lowest BCUT2D eigenvalue weighted by Gasteiger charge is -2.50. The van der Waals surface area contributed by atoms with Gasteiger partial charge in [0.25, 0.3) is 0 Å². The fraction of sp³-hybridized carbons (Fsp3) is 0.364. The van der Waals surface area contributed by atoms with E-state index in [1.165, 1.54) is 0 Å². The summed E-state index contributed by atoms with van der Waals surface area (Å²) in [4.78, 5) is 49.9. The van der Waals surface area contributed by atoms with Gasteiger partial charge in [-0.3, -0.25) is 19.2 Å². The van der Waals surface area contributed by atoms with Crippen molar-refractivity contribution in [2.45, 2.75) is 5.92 Å². The Kier molecular flexibility index (Phi) is 3.01. The predicted octanol–water partition coefficient (Wildman–Crippen LogP) is 1.77. The third-order valence-electron chi connectivity index (χ3n) is 7.12. The second kappa shape index (κ2) is 5.28. The zero-order chi connectivity index (χ0) is 19.2. The van der Waals surface area contributed by atoms with Crippen molar-refractivity contribution in [3.63, 3.8) is 0 Å². The van der Waals surface area contributed by atoms with Gasteiger partial charge in [0.15, 0.2) is 0 Å². The molecule has 6 heteroatoms. The highest BCUT2D eigenvalue weighted by atomic mass is 16.6. The zero-order valence-corrected chi connectivity index (χ0v) is 14.7. The van der Waals surface area contributed by atoms with Gasteiger partial charge in [0.1, 0.15) is 0 Å². The van der Waals surface area contributed by atoms with Crippen LogP contribution in [0.2, 0.25) is 0 Å². The minimum Gasteiger partial charge on any atom is -0.393 e. The average Bonchev–Trinajstić information content (AvgIpc) is 3.19. The van der Waals surface area contributed by atoms with Crippen LogP contribution in [0.3, 0.4) is 0 Å². The molecule has 6 aliphatic rings. The standard InChI is InChI=1S/C22H16O6/c23-19-15-10-6-7-11(16(15)20(24)27-19)14-13(10)8-12(9-4-2-1-3-5-9)17-18(14)22(26)28-21(17)25/h1-8,10-12,14-18H. The Hall–Kier alpha value is -3.02. The summed E-state index contributed by atoms with van der Waals surface area (Å²) < 4.78 is 10.00. The van der Waals surface area contributed by atoms with E-state index in [2.05, 4.69) is 0 Å². The molecule has 1 aromatic rings. The van der Waals surface area contributed by atoms with Gasteiger partial charge in [0.05, 0.1) is 23.7 Å². The van der Waals surface area contributed by atoms with Crippen molar-refractivity contribution in [2.75, 3.05) is 0 Å². The molecule has 6 nitrogen and oxygen atoms in total. The van der Waals surface area contributed by atoms with Crippen molar-refractivity contribution in [3.05, 3.63) is 59.7 Å². The molecule has 0 amide bonds. The topological polar surface area (TPSA) is 86.7 Å².